The molecule has 0 saturated heterocycles. The van der Waals surface area contributed by atoms with Crippen molar-refractivity contribution in [2.24, 2.45) is 17.8 Å². The summed E-state index contributed by atoms with van der Waals surface area (Å²) in [5.74, 6) is 3.00. The largest absolute Gasteiger partial charge is 0.0683 e. The third-order valence-corrected chi connectivity index (χ3v) is 3.40. The van der Waals surface area contributed by atoms with Crippen LogP contribution in [0.3, 0.4) is 0 Å². The molecule has 1 aliphatic rings. The van der Waals surface area contributed by atoms with Crippen molar-refractivity contribution in [2.45, 2.75) is 60.3 Å². The van der Waals surface area contributed by atoms with Gasteiger partial charge in [0.05, 0.1) is 0 Å². The van der Waals surface area contributed by atoms with Crippen molar-refractivity contribution in [3.63, 3.8) is 0 Å². The highest BCUT2D eigenvalue weighted by atomic mass is 14.3. The van der Waals surface area contributed by atoms with E-state index in [9.17, 15) is 0 Å². The van der Waals surface area contributed by atoms with Crippen molar-refractivity contribution in [1.82, 2.24) is 0 Å². The maximum Gasteiger partial charge on any atom is -0.0389 e. The van der Waals surface area contributed by atoms with Gasteiger partial charge in [0.2, 0.25) is 0 Å². The molecule has 0 nitrogen and oxygen atoms in total. The summed E-state index contributed by atoms with van der Waals surface area (Å²) >= 11 is 0. The molecule has 1 rings (SSSR count). The fourth-order valence-corrected chi connectivity index (χ4v) is 2.27. The van der Waals surface area contributed by atoms with Gasteiger partial charge in [-0.2, -0.15) is 0 Å². The average molecular weight is 170 g/mol. The highest BCUT2D eigenvalue weighted by Gasteiger charge is 2.24. The number of rotatable bonds is 1. The van der Waals surface area contributed by atoms with Gasteiger partial charge < -0.3 is 0 Å². The molecule has 0 aromatic heterocycles. The SMILES string of the molecule is CC.CCC1CCCC(C)C1C. The van der Waals surface area contributed by atoms with E-state index >= 15 is 0 Å². The predicted octanol–water partition coefficient (Wildman–Crippen LogP) is 4.49. The Morgan fingerprint density at radius 3 is 2.08 bits per heavy atom. The van der Waals surface area contributed by atoms with E-state index in [1.807, 2.05) is 13.8 Å². The highest BCUT2D eigenvalue weighted by Crippen LogP contribution is 2.35. The first-order valence-electron chi connectivity index (χ1n) is 5.75. The number of hydrogen-bond acceptors (Lipinski definition) is 0. The molecule has 1 aliphatic carbocycles. The van der Waals surface area contributed by atoms with Crippen LogP contribution < -0.4 is 0 Å². The van der Waals surface area contributed by atoms with Gasteiger partial charge in [-0.25, -0.2) is 0 Å². The van der Waals surface area contributed by atoms with Crippen molar-refractivity contribution in [3.05, 3.63) is 0 Å². The Hall–Kier alpha value is 0. The molecule has 0 heteroatoms. The summed E-state index contributed by atoms with van der Waals surface area (Å²) in [5, 5.41) is 0. The van der Waals surface area contributed by atoms with Crippen LogP contribution in [0.5, 0.6) is 0 Å². The topological polar surface area (TPSA) is 0 Å². The summed E-state index contributed by atoms with van der Waals surface area (Å²) in [5.41, 5.74) is 0. The molecule has 0 aromatic rings. The van der Waals surface area contributed by atoms with Gasteiger partial charge >= 0.3 is 0 Å². The lowest BCUT2D eigenvalue weighted by Gasteiger charge is -2.33. The maximum atomic E-state index is 2.43. The molecule has 12 heavy (non-hydrogen) atoms. The summed E-state index contributed by atoms with van der Waals surface area (Å²) in [6.45, 7) is 11.2. The van der Waals surface area contributed by atoms with Gasteiger partial charge in [-0.15, -0.1) is 0 Å². The molecule has 0 N–H and O–H groups in total. The maximum absolute atomic E-state index is 2.43. The van der Waals surface area contributed by atoms with Crippen LogP contribution in [-0.2, 0) is 0 Å². The Labute approximate surface area is 78.8 Å². The summed E-state index contributed by atoms with van der Waals surface area (Å²) in [7, 11) is 0. The fraction of sp³-hybridized carbons (Fsp3) is 1.00. The normalized spacial score (nSPS) is 35.2. The molecule has 0 bridgehead atoms. The first kappa shape index (κ1) is 12.0. The van der Waals surface area contributed by atoms with Crippen LogP contribution in [0.25, 0.3) is 0 Å². The van der Waals surface area contributed by atoms with Gasteiger partial charge in [0.1, 0.15) is 0 Å². The van der Waals surface area contributed by atoms with E-state index in [0.717, 1.165) is 17.8 Å². The van der Waals surface area contributed by atoms with Crippen molar-refractivity contribution < 1.29 is 0 Å². The van der Waals surface area contributed by atoms with Crippen LogP contribution >= 0.6 is 0 Å². The summed E-state index contributed by atoms with van der Waals surface area (Å²) in [6, 6.07) is 0. The van der Waals surface area contributed by atoms with Crippen molar-refractivity contribution >= 4 is 0 Å². The van der Waals surface area contributed by atoms with Crippen molar-refractivity contribution in [2.75, 3.05) is 0 Å². The second-order valence-corrected chi connectivity index (χ2v) is 3.94. The zero-order valence-corrected chi connectivity index (χ0v) is 9.56. The highest BCUT2D eigenvalue weighted by molar-refractivity contribution is 4.75. The fourth-order valence-electron chi connectivity index (χ4n) is 2.27. The second-order valence-electron chi connectivity index (χ2n) is 3.94. The van der Waals surface area contributed by atoms with Gasteiger partial charge in [-0.1, -0.05) is 60.3 Å². The lowest BCUT2D eigenvalue weighted by Crippen LogP contribution is -2.23. The Balaban J connectivity index is 0.000000561. The van der Waals surface area contributed by atoms with Crippen LogP contribution in [-0.4, -0.2) is 0 Å². The van der Waals surface area contributed by atoms with Gasteiger partial charge in [-0.05, 0) is 17.8 Å². The van der Waals surface area contributed by atoms with Crippen LogP contribution in [0.15, 0.2) is 0 Å². The van der Waals surface area contributed by atoms with Crippen molar-refractivity contribution in [3.8, 4) is 0 Å². The van der Waals surface area contributed by atoms with Crippen molar-refractivity contribution in [1.29, 1.82) is 0 Å². The molecule has 0 aliphatic heterocycles. The molecule has 1 fully saturated rings. The summed E-state index contributed by atoms with van der Waals surface area (Å²) in [4.78, 5) is 0. The van der Waals surface area contributed by atoms with Gasteiger partial charge in [0.25, 0.3) is 0 Å². The molecular formula is C12H26. The molecule has 1 saturated carbocycles. The van der Waals surface area contributed by atoms with Gasteiger partial charge in [0.15, 0.2) is 0 Å². The van der Waals surface area contributed by atoms with Crippen LogP contribution in [0.2, 0.25) is 0 Å². The lowest BCUT2D eigenvalue weighted by atomic mass is 9.73. The Morgan fingerprint density at radius 2 is 1.67 bits per heavy atom. The van der Waals surface area contributed by atoms with E-state index in [0.29, 0.717) is 0 Å². The number of hydrogen-bond donors (Lipinski definition) is 0. The lowest BCUT2D eigenvalue weighted by molar-refractivity contribution is 0.178. The van der Waals surface area contributed by atoms with E-state index in [2.05, 4.69) is 20.8 Å². The third-order valence-electron chi connectivity index (χ3n) is 3.40. The standard InChI is InChI=1S/C10H20.C2H6/c1-4-10-7-5-6-8(2)9(10)3;1-2/h8-10H,4-7H2,1-3H3;1-2H3. The first-order chi connectivity index (χ1) is 5.75. The van der Waals surface area contributed by atoms with E-state index < -0.39 is 0 Å². The van der Waals surface area contributed by atoms with Crippen LogP contribution in [0, 0.1) is 17.8 Å². The molecule has 0 radical (unpaired) electrons. The predicted molar refractivity (Wildman–Crippen MR) is 57.3 cm³/mol. The van der Waals surface area contributed by atoms with E-state index in [-0.39, 0.29) is 0 Å². The quantitative estimate of drug-likeness (QED) is 0.543. The van der Waals surface area contributed by atoms with Crippen LogP contribution in [0.4, 0.5) is 0 Å². The minimum Gasteiger partial charge on any atom is -0.0683 e. The van der Waals surface area contributed by atoms with Gasteiger partial charge in [-0.3, -0.25) is 0 Å². The minimum atomic E-state index is 0.985. The Kier molecular flexibility index (Phi) is 6.51. The monoisotopic (exact) mass is 170 g/mol. The van der Waals surface area contributed by atoms with E-state index in [1.165, 1.54) is 25.7 Å². The first-order valence-corrected chi connectivity index (χ1v) is 5.75. The van der Waals surface area contributed by atoms with Gasteiger partial charge in [0, 0.05) is 0 Å². The zero-order chi connectivity index (χ0) is 9.56. The molecule has 3 unspecified atom stereocenters. The molecular weight excluding hydrogens is 144 g/mol. The smallest absolute Gasteiger partial charge is 0.0389 e. The molecule has 0 heterocycles. The molecule has 0 amide bonds. The van der Waals surface area contributed by atoms with E-state index in [4.69, 9.17) is 0 Å². The Morgan fingerprint density at radius 1 is 1.08 bits per heavy atom. The van der Waals surface area contributed by atoms with E-state index in [1.54, 1.807) is 0 Å². The summed E-state index contributed by atoms with van der Waals surface area (Å²) in [6.07, 6.45) is 5.83. The zero-order valence-electron chi connectivity index (χ0n) is 9.56. The summed E-state index contributed by atoms with van der Waals surface area (Å²) < 4.78 is 0. The minimum absolute atomic E-state index is 0.985. The molecule has 0 spiro atoms. The molecule has 3 atom stereocenters. The molecule has 0 aromatic carbocycles. The Bertz CT molecular complexity index is 96.2. The average Bonchev–Trinajstić information content (AvgIpc) is 2.13. The second kappa shape index (κ2) is 6.51. The molecule has 74 valence electrons. The van der Waals surface area contributed by atoms with Crippen LogP contribution in [0.1, 0.15) is 60.3 Å². The third kappa shape index (κ3) is 3.16.